The summed E-state index contributed by atoms with van der Waals surface area (Å²) in [6.07, 6.45) is -3.13. The lowest BCUT2D eigenvalue weighted by Gasteiger charge is -2.35. The average molecular weight is 353 g/mol. The lowest BCUT2D eigenvalue weighted by molar-refractivity contribution is -0.140. The van der Waals surface area contributed by atoms with Gasteiger partial charge in [0, 0.05) is 19.1 Å². The smallest absolute Gasteiger partial charge is 0.338 e. The van der Waals surface area contributed by atoms with Gasteiger partial charge >= 0.3 is 6.18 Å². The van der Waals surface area contributed by atoms with Crippen LogP contribution in [0.2, 0.25) is 0 Å². The van der Waals surface area contributed by atoms with Crippen LogP contribution in [0.5, 0.6) is 0 Å². The second-order valence-corrected chi connectivity index (χ2v) is 5.81. The lowest BCUT2D eigenvalue weighted by atomic mass is 9.93. The van der Waals surface area contributed by atoms with E-state index in [1.54, 1.807) is 0 Å². The summed E-state index contributed by atoms with van der Waals surface area (Å²) in [5.41, 5.74) is -1.89. The summed E-state index contributed by atoms with van der Waals surface area (Å²) in [6, 6.07) is 3.20. The molecule has 2 aliphatic rings. The summed E-state index contributed by atoms with van der Waals surface area (Å²) in [5, 5.41) is 3.34. The molecular formula is C15H17ClF4N2O. The standard InChI is InChI=1S/C15H16F4N2O.ClH/c16-13-10(2-1-3-11(13)15(17,18)19)14(22)21-7-5-12-9(8-21)4-6-20-12;/h1-3,9,12,20H,4-8H2;1H. The van der Waals surface area contributed by atoms with E-state index in [0.29, 0.717) is 31.1 Å². The Morgan fingerprint density at radius 1 is 1.26 bits per heavy atom. The van der Waals surface area contributed by atoms with Crippen molar-refractivity contribution < 1.29 is 22.4 Å². The highest BCUT2D eigenvalue weighted by atomic mass is 35.5. The van der Waals surface area contributed by atoms with Crippen molar-refractivity contribution in [1.82, 2.24) is 10.2 Å². The minimum absolute atomic E-state index is 0. The molecule has 8 heteroatoms. The van der Waals surface area contributed by atoms with Crippen molar-refractivity contribution in [3.63, 3.8) is 0 Å². The Morgan fingerprint density at radius 2 is 2.00 bits per heavy atom. The van der Waals surface area contributed by atoms with Crippen LogP contribution >= 0.6 is 12.4 Å². The molecule has 2 saturated heterocycles. The average Bonchev–Trinajstić information content (AvgIpc) is 2.93. The molecule has 1 aromatic rings. The number of amides is 1. The number of carbonyl (C=O) groups is 1. The number of likely N-dealkylation sites (tertiary alicyclic amines) is 1. The third-order valence-electron chi connectivity index (χ3n) is 4.48. The summed E-state index contributed by atoms with van der Waals surface area (Å²) in [4.78, 5) is 13.9. The second-order valence-electron chi connectivity index (χ2n) is 5.81. The normalized spacial score (nSPS) is 24.1. The summed E-state index contributed by atoms with van der Waals surface area (Å²) < 4.78 is 52.3. The fourth-order valence-electron chi connectivity index (χ4n) is 3.32. The topological polar surface area (TPSA) is 32.3 Å². The van der Waals surface area contributed by atoms with Crippen LogP contribution in [0.25, 0.3) is 0 Å². The van der Waals surface area contributed by atoms with E-state index in [1.165, 1.54) is 4.90 Å². The van der Waals surface area contributed by atoms with Crippen molar-refractivity contribution in [3.8, 4) is 0 Å². The van der Waals surface area contributed by atoms with Gasteiger partial charge in [-0.25, -0.2) is 4.39 Å². The monoisotopic (exact) mass is 352 g/mol. The molecule has 2 unspecified atom stereocenters. The van der Waals surface area contributed by atoms with Crippen LogP contribution < -0.4 is 5.32 Å². The van der Waals surface area contributed by atoms with Gasteiger partial charge in [0.05, 0.1) is 11.1 Å². The molecule has 0 aromatic heterocycles. The number of rotatable bonds is 1. The van der Waals surface area contributed by atoms with Gasteiger partial charge in [-0.15, -0.1) is 12.4 Å². The molecule has 3 rings (SSSR count). The number of benzene rings is 1. The highest BCUT2D eigenvalue weighted by Gasteiger charge is 2.38. The van der Waals surface area contributed by atoms with Crippen LogP contribution in [0.15, 0.2) is 18.2 Å². The van der Waals surface area contributed by atoms with Gasteiger partial charge < -0.3 is 10.2 Å². The minimum atomic E-state index is -4.80. The molecule has 0 bridgehead atoms. The predicted molar refractivity (Wildman–Crippen MR) is 79.1 cm³/mol. The summed E-state index contributed by atoms with van der Waals surface area (Å²) >= 11 is 0. The summed E-state index contributed by atoms with van der Waals surface area (Å²) in [7, 11) is 0. The van der Waals surface area contributed by atoms with Gasteiger partial charge in [0.25, 0.3) is 5.91 Å². The Labute approximate surface area is 137 Å². The first-order chi connectivity index (χ1) is 10.4. The number of alkyl halides is 3. The first-order valence-electron chi connectivity index (χ1n) is 7.26. The third kappa shape index (κ3) is 3.45. The van der Waals surface area contributed by atoms with Gasteiger partial charge in [-0.1, -0.05) is 6.07 Å². The van der Waals surface area contributed by atoms with Crippen LogP contribution in [-0.4, -0.2) is 36.5 Å². The van der Waals surface area contributed by atoms with Crippen molar-refractivity contribution >= 4 is 18.3 Å². The highest BCUT2D eigenvalue weighted by molar-refractivity contribution is 5.94. The summed E-state index contributed by atoms with van der Waals surface area (Å²) in [6.45, 7) is 1.78. The number of fused-ring (bicyclic) bond motifs is 1. The van der Waals surface area contributed by atoms with Gasteiger partial charge in [-0.2, -0.15) is 13.2 Å². The van der Waals surface area contributed by atoms with Crippen molar-refractivity contribution in [2.24, 2.45) is 5.92 Å². The molecule has 0 aliphatic carbocycles. The maximum absolute atomic E-state index is 14.1. The van der Waals surface area contributed by atoms with E-state index >= 15 is 0 Å². The number of halogens is 5. The molecule has 0 spiro atoms. The SMILES string of the molecule is Cl.O=C(c1cccc(C(F)(F)F)c1F)N1CCC2NCCC2C1. The van der Waals surface area contributed by atoms with Gasteiger partial charge in [-0.3, -0.25) is 4.79 Å². The van der Waals surface area contributed by atoms with E-state index < -0.39 is 29.0 Å². The van der Waals surface area contributed by atoms with E-state index in [9.17, 15) is 22.4 Å². The van der Waals surface area contributed by atoms with Crippen LogP contribution in [0, 0.1) is 11.7 Å². The Balaban J connectivity index is 0.00000192. The number of carbonyl (C=O) groups excluding carboxylic acids is 1. The molecule has 2 heterocycles. The van der Waals surface area contributed by atoms with E-state index in [-0.39, 0.29) is 12.4 Å². The lowest BCUT2D eigenvalue weighted by Crippen LogP contribution is -2.47. The fourth-order valence-corrected chi connectivity index (χ4v) is 3.32. The van der Waals surface area contributed by atoms with Crippen molar-refractivity contribution in [2.75, 3.05) is 19.6 Å². The van der Waals surface area contributed by atoms with Gasteiger partial charge in [-0.05, 0) is 37.4 Å². The van der Waals surface area contributed by atoms with E-state index in [1.807, 2.05) is 0 Å². The zero-order valence-corrected chi connectivity index (χ0v) is 13.0. The molecule has 0 saturated carbocycles. The first-order valence-corrected chi connectivity index (χ1v) is 7.26. The zero-order chi connectivity index (χ0) is 15.9. The number of hydrogen-bond acceptors (Lipinski definition) is 2. The largest absolute Gasteiger partial charge is 0.419 e. The Bertz CT molecular complexity index is 593. The highest BCUT2D eigenvalue weighted by Crippen LogP contribution is 2.33. The van der Waals surface area contributed by atoms with E-state index in [4.69, 9.17) is 0 Å². The van der Waals surface area contributed by atoms with E-state index in [0.717, 1.165) is 31.5 Å². The predicted octanol–water partition coefficient (Wildman–Crippen LogP) is 3.09. The molecule has 1 aromatic carbocycles. The van der Waals surface area contributed by atoms with Gasteiger partial charge in [0.15, 0.2) is 0 Å². The van der Waals surface area contributed by atoms with Crippen LogP contribution in [-0.2, 0) is 6.18 Å². The molecule has 1 N–H and O–H groups in total. The van der Waals surface area contributed by atoms with Gasteiger partial charge in [0.1, 0.15) is 5.82 Å². The first kappa shape index (κ1) is 18.0. The van der Waals surface area contributed by atoms with Crippen LogP contribution in [0.1, 0.15) is 28.8 Å². The van der Waals surface area contributed by atoms with Crippen molar-refractivity contribution in [1.29, 1.82) is 0 Å². The van der Waals surface area contributed by atoms with Crippen LogP contribution in [0.3, 0.4) is 0 Å². The molecule has 0 radical (unpaired) electrons. The molecule has 2 aliphatic heterocycles. The van der Waals surface area contributed by atoms with Crippen molar-refractivity contribution in [2.45, 2.75) is 25.1 Å². The second kappa shape index (κ2) is 6.65. The Kier molecular flexibility index (Phi) is 5.20. The molecule has 128 valence electrons. The number of nitrogens with one attached hydrogen (secondary N) is 1. The van der Waals surface area contributed by atoms with Crippen LogP contribution in [0.4, 0.5) is 17.6 Å². The quantitative estimate of drug-likeness (QED) is 0.788. The number of hydrogen-bond donors (Lipinski definition) is 1. The molecule has 1 amide bonds. The molecule has 3 nitrogen and oxygen atoms in total. The molecule has 2 atom stereocenters. The summed E-state index contributed by atoms with van der Waals surface area (Å²) in [5.74, 6) is -1.84. The maximum atomic E-state index is 14.1. The molecule has 2 fully saturated rings. The zero-order valence-electron chi connectivity index (χ0n) is 12.2. The van der Waals surface area contributed by atoms with Gasteiger partial charge in [0.2, 0.25) is 0 Å². The fraction of sp³-hybridized carbons (Fsp3) is 0.533. The minimum Gasteiger partial charge on any atom is -0.338 e. The maximum Gasteiger partial charge on any atom is 0.419 e. The molecule has 23 heavy (non-hydrogen) atoms. The van der Waals surface area contributed by atoms with E-state index in [2.05, 4.69) is 5.32 Å². The molecular weight excluding hydrogens is 336 g/mol. The number of nitrogens with zero attached hydrogens (tertiary/aromatic N) is 1. The van der Waals surface area contributed by atoms with Crippen molar-refractivity contribution in [3.05, 3.63) is 35.1 Å². The Morgan fingerprint density at radius 3 is 2.70 bits per heavy atom. The number of piperidine rings is 1. The third-order valence-corrected chi connectivity index (χ3v) is 4.48. The Hall–Kier alpha value is -1.34.